The van der Waals surface area contributed by atoms with Gasteiger partial charge in [-0.1, -0.05) is 307 Å². The Balaban J connectivity index is 4.28. The smallest absolute Gasteiger partial charge is 0.306 e. The summed E-state index contributed by atoms with van der Waals surface area (Å²) in [6.45, 7) is 6.62. The van der Waals surface area contributed by atoms with Crippen molar-refractivity contribution in [2.75, 3.05) is 13.2 Å². The number of hydrogen-bond acceptors (Lipinski definition) is 6. The molecule has 0 bridgehead atoms. The average molecular weight is 1050 g/mol. The number of unbranched alkanes of at least 4 members (excludes halogenated alkanes) is 42. The first-order chi connectivity index (χ1) is 37.0. The largest absolute Gasteiger partial charge is 0.462 e. The maximum absolute atomic E-state index is 12.9. The number of hydrogen-bond donors (Lipinski definition) is 0. The summed E-state index contributed by atoms with van der Waals surface area (Å²) in [6, 6.07) is 0. The summed E-state index contributed by atoms with van der Waals surface area (Å²) in [5.41, 5.74) is 0. The van der Waals surface area contributed by atoms with Crippen molar-refractivity contribution in [2.24, 2.45) is 0 Å². The number of carbonyl (C=O) groups is 3. The maximum atomic E-state index is 12.9. The number of esters is 3. The van der Waals surface area contributed by atoms with Crippen LogP contribution in [0.15, 0.2) is 48.6 Å². The fourth-order valence-corrected chi connectivity index (χ4v) is 9.79. The minimum Gasteiger partial charge on any atom is -0.462 e. The standard InChI is InChI=1S/C69H126O6/c1-4-7-10-13-16-19-22-25-28-30-32-33-34-35-36-38-39-41-44-47-50-53-56-59-62-68(71)74-65-66(64-73-67(70)61-58-55-52-49-46-43-27-24-21-18-15-12-9-6-3)75-69(72)63-60-57-54-51-48-45-42-40-37-31-29-26-23-20-17-14-11-8-5-2/h15,17-18,20,24,26-27,29,66H,4-14,16,19,21-23,25,28,30-65H2,1-3H3/b18-15-,20-17-,27-24-,29-26-. The van der Waals surface area contributed by atoms with E-state index in [2.05, 4.69) is 69.4 Å². The first kappa shape index (κ1) is 72.4. The van der Waals surface area contributed by atoms with Gasteiger partial charge in [0.25, 0.3) is 0 Å². The Bertz CT molecular complexity index is 1300. The van der Waals surface area contributed by atoms with Crippen molar-refractivity contribution in [1.29, 1.82) is 0 Å². The molecule has 6 heteroatoms. The van der Waals surface area contributed by atoms with Crippen molar-refractivity contribution in [3.63, 3.8) is 0 Å². The van der Waals surface area contributed by atoms with Crippen LogP contribution in [0.4, 0.5) is 0 Å². The Kier molecular flexibility index (Phi) is 61.7. The molecule has 0 aliphatic rings. The lowest BCUT2D eigenvalue weighted by Gasteiger charge is -2.18. The van der Waals surface area contributed by atoms with E-state index in [-0.39, 0.29) is 31.1 Å². The number of rotatable bonds is 61. The van der Waals surface area contributed by atoms with E-state index in [0.717, 1.165) is 83.5 Å². The van der Waals surface area contributed by atoms with Gasteiger partial charge in [0, 0.05) is 19.3 Å². The molecule has 0 aromatic heterocycles. The molecule has 75 heavy (non-hydrogen) atoms. The van der Waals surface area contributed by atoms with Crippen LogP contribution in [-0.4, -0.2) is 37.2 Å². The lowest BCUT2D eigenvalue weighted by atomic mass is 10.0. The molecule has 0 aliphatic carbocycles. The van der Waals surface area contributed by atoms with Crippen LogP contribution in [0.5, 0.6) is 0 Å². The quantitative estimate of drug-likeness (QED) is 0.0261. The van der Waals surface area contributed by atoms with Crippen molar-refractivity contribution in [3.8, 4) is 0 Å². The second-order valence-corrected chi connectivity index (χ2v) is 22.4. The van der Waals surface area contributed by atoms with E-state index >= 15 is 0 Å². The molecule has 0 aromatic rings. The number of allylic oxidation sites excluding steroid dienone is 8. The molecular formula is C69H126O6. The van der Waals surface area contributed by atoms with Gasteiger partial charge in [0.15, 0.2) is 6.10 Å². The minimum atomic E-state index is -0.780. The molecule has 0 rings (SSSR count). The summed E-state index contributed by atoms with van der Waals surface area (Å²) >= 11 is 0. The zero-order valence-corrected chi connectivity index (χ0v) is 50.3. The van der Waals surface area contributed by atoms with Gasteiger partial charge < -0.3 is 14.2 Å². The SMILES string of the molecule is CCCC/C=C\C/C=C\CCCCCCCC(=O)OCC(COC(=O)CCCCCCCCCCCCCCCCCCCCCCCCCC)OC(=O)CCCCCCCCCCC/C=C\C/C=C\CCCCC. The molecule has 0 amide bonds. The molecule has 1 unspecified atom stereocenters. The zero-order chi connectivity index (χ0) is 54.3. The Morgan fingerprint density at radius 3 is 0.800 bits per heavy atom. The molecule has 0 heterocycles. The van der Waals surface area contributed by atoms with E-state index in [4.69, 9.17) is 14.2 Å². The van der Waals surface area contributed by atoms with E-state index in [1.165, 1.54) is 231 Å². The highest BCUT2D eigenvalue weighted by Gasteiger charge is 2.19. The molecule has 0 radical (unpaired) electrons. The third-order valence-electron chi connectivity index (χ3n) is 14.8. The molecule has 0 aliphatic heterocycles. The fourth-order valence-electron chi connectivity index (χ4n) is 9.79. The lowest BCUT2D eigenvalue weighted by molar-refractivity contribution is -0.167. The van der Waals surface area contributed by atoms with Crippen LogP contribution in [0.3, 0.4) is 0 Å². The Labute approximate surface area is 467 Å². The Hall–Kier alpha value is -2.63. The molecule has 438 valence electrons. The van der Waals surface area contributed by atoms with Gasteiger partial charge in [0.1, 0.15) is 13.2 Å². The van der Waals surface area contributed by atoms with Crippen molar-refractivity contribution >= 4 is 17.9 Å². The van der Waals surface area contributed by atoms with Crippen molar-refractivity contribution in [2.45, 2.75) is 361 Å². The number of carbonyl (C=O) groups excluding carboxylic acids is 3. The molecule has 0 aromatic carbocycles. The Morgan fingerprint density at radius 1 is 0.267 bits per heavy atom. The number of ether oxygens (including phenoxy) is 3. The highest BCUT2D eigenvalue weighted by molar-refractivity contribution is 5.71. The van der Waals surface area contributed by atoms with Gasteiger partial charge in [-0.3, -0.25) is 14.4 Å². The summed E-state index contributed by atoms with van der Waals surface area (Å²) in [5.74, 6) is -0.873. The van der Waals surface area contributed by atoms with E-state index in [0.29, 0.717) is 19.3 Å². The highest BCUT2D eigenvalue weighted by atomic mass is 16.6. The van der Waals surface area contributed by atoms with Crippen LogP contribution >= 0.6 is 0 Å². The molecule has 6 nitrogen and oxygen atoms in total. The average Bonchev–Trinajstić information content (AvgIpc) is 3.41. The normalized spacial score (nSPS) is 12.3. The second kappa shape index (κ2) is 63.9. The fraction of sp³-hybridized carbons (Fsp3) is 0.841. The predicted molar refractivity (Wildman–Crippen MR) is 325 cm³/mol. The van der Waals surface area contributed by atoms with E-state index < -0.39 is 6.10 Å². The van der Waals surface area contributed by atoms with Crippen LogP contribution < -0.4 is 0 Å². The first-order valence-electron chi connectivity index (χ1n) is 33.1. The molecule has 0 fully saturated rings. The third-order valence-corrected chi connectivity index (χ3v) is 14.8. The summed E-state index contributed by atoms with van der Waals surface area (Å²) in [5, 5.41) is 0. The molecule has 0 saturated heterocycles. The third kappa shape index (κ3) is 62.1. The summed E-state index contributed by atoms with van der Waals surface area (Å²) in [7, 11) is 0. The van der Waals surface area contributed by atoms with E-state index in [1.807, 2.05) is 0 Å². The molecule has 0 saturated carbocycles. The van der Waals surface area contributed by atoms with Gasteiger partial charge in [-0.15, -0.1) is 0 Å². The summed E-state index contributed by atoms with van der Waals surface area (Å²) in [6.07, 6.45) is 79.8. The van der Waals surface area contributed by atoms with Gasteiger partial charge in [0.2, 0.25) is 0 Å². The first-order valence-corrected chi connectivity index (χ1v) is 33.1. The van der Waals surface area contributed by atoms with Gasteiger partial charge in [0.05, 0.1) is 0 Å². The highest BCUT2D eigenvalue weighted by Crippen LogP contribution is 2.18. The molecule has 0 N–H and O–H groups in total. The van der Waals surface area contributed by atoms with Crippen LogP contribution in [0, 0.1) is 0 Å². The maximum Gasteiger partial charge on any atom is 0.306 e. The summed E-state index contributed by atoms with van der Waals surface area (Å²) < 4.78 is 16.9. The monoisotopic (exact) mass is 1050 g/mol. The van der Waals surface area contributed by atoms with Gasteiger partial charge in [-0.05, 0) is 77.0 Å². The van der Waals surface area contributed by atoms with Crippen molar-refractivity contribution in [3.05, 3.63) is 48.6 Å². The van der Waals surface area contributed by atoms with Gasteiger partial charge in [-0.2, -0.15) is 0 Å². The zero-order valence-electron chi connectivity index (χ0n) is 50.3. The van der Waals surface area contributed by atoms with E-state index in [9.17, 15) is 14.4 Å². The topological polar surface area (TPSA) is 78.9 Å². The molecule has 1 atom stereocenters. The predicted octanol–water partition coefficient (Wildman–Crippen LogP) is 22.6. The van der Waals surface area contributed by atoms with Gasteiger partial charge >= 0.3 is 17.9 Å². The van der Waals surface area contributed by atoms with Crippen LogP contribution in [-0.2, 0) is 28.6 Å². The minimum absolute atomic E-state index is 0.0757. The lowest BCUT2D eigenvalue weighted by Crippen LogP contribution is -2.30. The van der Waals surface area contributed by atoms with E-state index in [1.54, 1.807) is 0 Å². The second-order valence-electron chi connectivity index (χ2n) is 22.4. The van der Waals surface area contributed by atoms with Crippen LogP contribution in [0.1, 0.15) is 355 Å². The van der Waals surface area contributed by atoms with Crippen molar-refractivity contribution < 1.29 is 28.6 Å². The van der Waals surface area contributed by atoms with Crippen molar-refractivity contribution in [1.82, 2.24) is 0 Å². The molecular weight excluding hydrogens is 925 g/mol. The molecule has 0 spiro atoms. The Morgan fingerprint density at radius 2 is 0.493 bits per heavy atom. The summed E-state index contributed by atoms with van der Waals surface area (Å²) in [4.78, 5) is 38.3. The van der Waals surface area contributed by atoms with Gasteiger partial charge in [-0.25, -0.2) is 0 Å². The van der Waals surface area contributed by atoms with Crippen LogP contribution in [0.2, 0.25) is 0 Å². The van der Waals surface area contributed by atoms with Crippen LogP contribution in [0.25, 0.3) is 0 Å².